The molecule has 158 valence electrons. The molecule has 2 aliphatic rings. The van der Waals surface area contributed by atoms with Crippen LogP contribution in [0.2, 0.25) is 0 Å². The predicted octanol–water partition coefficient (Wildman–Crippen LogP) is 4.25. The Morgan fingerprint density at radius 2 is 2.00 bits per heavy atom. The Morgan fingerprint density at radius 3 is 2.66 bits per heavy atom. The van der Waals surface area contributed by atoms with Gasteiger partial charge in [0.1, 0.15) is 0 Å². The van der Waals surface area contributed by atoms with Crippen LogP contribution in [-0.2, 0) is 6.42 Å². The average Bonchev–Trinajstić information content (AvgIpc) is 3.49. The lowest BCUT2D eigenvalue weighted by Crippen LogP contribution is -2.38. The van der Waals surface area contributed by atoms with Crippen molar-refractivity contribution in [1.82, 2.24) is 19.9 Å². The number of nitrogens with zero attached hydrogens (tertiary/aromatic N) is 4. The molecule has 0 bridgehead atoms. The van der Waals surface area contributed by atoms with Crippen molar-refractivity contribution >= 4 is 17.0 Å². The van der Waals surface area contributed by atoms with Gasteiger partial charge < -0.3 is 14.3 Å². The lowest BCUT2D eigenvalue weighted by atomic mass is 9.91. The summed E-state index contributed by atoms with van der Waals surface area (Å²) in [5, 5.41) is 5.08. The number of rotatable bonds is 8. The Labute approximate surface area is 173 Å². The van der Waals surface area contributed by atoms with E-state index in [0.717, 1.165) is 86.4 Å². The molecule has 6 heteroatoms. The fourth-order valence-corrected chi connectivity index (χ4v) is 4.49. The van der Waals surface area contributed by atoms with Gasteiger partial charge in [-0.2, -0.15) is 0 Å². The molecule has 1 aliphatic heterocycles. The Bertz CT molecular complexity index is 848. The summed E-state index contributed by atoms with van der Waals surface area (Å²) in [6.45, 7) is 4.96. The molecule has 0 atom stereocenters. The molecular formula is C23H34N4O2. The van der Waals surface area contributed by atoms with Crippen molar-refractivity contribution in [2.24, 2.45) is 5.92 Å². The standard InChI is InChI=1S/C23H34N4O2/c1-4-6-19-21-18(15-20(17-8-9-17)24-22(21)29-25-19)23(28)27-13-10-16(11-14-27)7-5-12-26(2)3/h15-17H,4-14H2,1-3H3. The number of aryl methyl sites for hydroxylation is 1. The third-order valence-electron chi connectivity index (χ3n) is 6.37. The molecule has 1 saturated heterocycles. The van der Waals surface area contributed by atoms with Crippen LogP contribution in [0.5, 0.6) is 0 Å². The van der Waals surface area contributed by atoms with Gasteiger partial charge in [-0.15, -0.1) is 0 Å². The third-order valence-corrected chi connectivity index (χ3v) is 6.37. The van der Waals surface area contributed by atoms with Crippen LogP contribution in [0.4, 0.5) is 0 Å². The number of aromatic nitrogens is 2. The highest BCUT2D eigenvalue weighted by molar-refractivity contribution is 6.06. The van der Waals surface area contributed by atoms with Crippen molar-refractivity contribution in [1.29, 1.82) is 0 Å². The number of amides is 1. The first-order valence-corrected chi connectivity index (χ1v) is 11.3. The van der Waals surface area contributed by atoms with Crippen molar-refractivity contribution in [3.8, 4) is 0 Å². The first kappa shape index (κ1) is 20.3. The zero-order valence-electron chi connectivity index (χ0n) is 18.1. The van der Waals surface area contributed by atoms with E-state index in [1.54, 1.807) is 0 Å². The molecule has 2 aromatic heterocycles. The topological polar surface area (TPSA) is 62.5 Å². The van der Waals surface area contributed by atoms with E-state index in [1.807, 2.05) is 11.0 Å². The second-order valence-electron chi connectivity index (χ2n) is 9.11. The van der Waals surface area contributed by atoms with E-state index >= 15 is 0 Å². The van der Waals surface area contributed by atoms with Gasteiger partial charge in [-0.3, -0.25) is 4.79 Å². The summed E-state index contributed by atoms with van der Waals surface area (Å²) in [5.41, 5.74) is 3.17. The predicted molar refractivity (Wildman–Crippen MR) is 114 cm³/mol. The van der Waals surface area contributed by atoms with Crippen LogP contribution in [-0.4, -0.2) is 59.6 Å². The number of piperidine rings is 1. The van der Waals surface area contributed by atoms with E-state index in [0.29, 0.717) is 11.6 Å². The number of carbonyl (C=O) groups excluding carboxylic acids is 1. The molecule has 1 aliphatic carbocycles. The van der Waals surface area contributed by atoms with Gasteiger partial charge >= 0.3 is 0 Å². The first-order chi connectivity index (χ1) is 14.1. The van der Waals surface area contributed by atoms with Gasteiger partial charge in [0.15, 0.2) is 0 Å². The average molecular weight is 399 g/mol. The summed E-state index contributed by atoms with van der Waals surface area (Å²) in [6, 6.07) is 2.03. The van der Waals surface area contributed by atoms with E-state index in [-0.39, 0.29) is 5.91 Å². The molecule has 1 amide bonds. The summed E-state index contributed by atoms with van der Waals surface area (Å²) in [4.78, 5) is 22.5. The smallest absolute Gasteiger partial charge is 0.259 e. The van der Waals surface area contributed by atoms with E-state index in [9.17, 15) is 4.79 Å². The van der Waals surface area contributed by atoms with Gasteiger partial charge in [-0.1, -0.05) is 18.5 Å². The van der Waals surface area contributed by atoms with Crippen LogP contribution >= 0.6 is 0 Å². The molecule has 0 aromatic carbocycles. The zero-order chi connectivity index (χ0) is 20.4. The molecule has 3 heterocycles. The molecule has 1 saturated carbocycles. The minimum atomic E-state index is 0.131. The SMILES string of the molecule is CCCc1noc2nc(C3CC3)cc(C(=O)N3CCC(CCCN(C)C)CC3)c12. The summed E-state index contributed by atoms with van der Waals surface area (Å²) in [6.07, 6.45) is 8.80. The van der Waals surface area contributed by atoms with Crippen molar-refractivity contribution in [3.05, 3.63) is 23.0 Å². The van der Waals surface area contributed by atoms with Crippen LogP contribution in [0.15, 0.2) is 10.6 Å². The maximum Gasteiger partial charge on any atom is 0.259 e. The number of fused-ring (bicyclic) bond motifs is 1. The molecule has 0 radical (unpaired) electrons. The highest BCUT2D eigenvalue weighted by Gasteiger charge is 2.31. The molecule has 4 rings (SSSR count). The summed E-state index contributed by atoms with van der Waals surface area (Å²) in [7, 11) is 4.26. The van der Waals surface area contributed by atoms with Crippen LogP contribution in [0.25, 0.3) is 11.1 Å². The number of hydrogen-bond acceptors (Lipinski definition) is 5. The molecule has 0 spiro atoms. The Balaban J connectivity index is 1.50. The molecule has 6 nitrogen and oxygen atoms in total. The fraction of sp³-hybridized carbons (Fsp3) is 0.696. The zero-order valence-corrected chi connectivity index (χ0v) is 18.1. The Morgan fingerprint density at radius 1 is 1.24 bits per heavy atom. The van der Waals surface area contributed by atoms with Crippen LogP contribution in [0.3, 0.4) is 0 Å². The minimum Gasteiger partial charge on any atom is -0.339 e. The Hall–Kier alpha value is -1.95. The highest BCUT2D eigenvalue weighted by atomic mass is 16.5. The number of pyridine rings is 1. The first-order valence-electron chi connectivity index (χ1n) is 11.3. The second-order valence-corrected chi connectivity index (χ2v) is 9.11. The summed E-state index contributed by atoms with van der Waals surface area (Å²) >= 11 is 0. The van der Waals surface area contributed by atoms with Crippen molar-refractivity contribution in [2.75, 3.05) is 33.7 Å². The van der Waals surface area contributed by atoms with E-state index in [1.165, 1.54) is 12.8 Å². The lowest BCUT2D eigenvalue weighted by Gasteiger charge is -2.32. The second kappa shape index (κ2) is 8.82. The summed E-state index contributed by atoms with van der Waals surface area (Å²) in [5.74, 6) is 1.35. The number of hydrogen-bond donors (Lipinski definition) is 0. The Kier molecular flexibility index (Phi) is 6.18. The quantitative estimate of drug-likeness (QED) is 0.665. The van der Waals surface area contributed by atoms with Gasteiger partial charge in [-0.05, 0) is 77.6 Å². The van der Waals surface area contributed by atoms with E-state index < -0.39 is 0 Å². The molecule has 2 fully saturated rings. The van der Waals surface area contributed by atoms with E-state index in [2.05, 4.69) is 36.1 Å². The maximum atomic E-state index is 13.5. The van der Waals surface area contributed by atoms with Crippen LogP contribution in [0, 0.1) is 5.92 Å². The van der Waals surface area contributed by atoms with Gasteiger partial charge in [0.05, 0.1) is 16.6 Å². The highest BCUT2D eigenvalue weighted by Crippen LogP contribution is 2.41. The summed E-state index contributed by atoms with van der Waals surface area (Å²) < 4.78 is 5.54. The van der Waals surface area contributed by atoms with Crippen molar-refractivity contribution < 1.29 is 9.32 Å². The van der Waals surface area contributed by atoms with Crippen molar-refractivity contribution in [2.45, 2.75) is 64.2 Å². The fourth-order valence-electron chi connectivity index (χ4n) is 4.49. The number of likely N-dealkylation sites (tertiary alicyclic amines) is 1. The molecule has 2 aromatic rings. The lowest BCUT2D eigenvalue weighted by molar-refractivity contribution is 0.0687. The van der Waals surface area contributed by atoms with Gasteiger partial charge in [0.25, 0.3) is 11.6 Å². The molecule has 29 heavy (non-hydrogen) atoms. The van der Waals surface area contributed by atoms with Gasteiger partial charge in [-0.25, -0.2) is 4.98 Å². The van der Waals surface area contributed by atoms with Gasteiger partial charge in [0, 0.05) is 24.7 Å². The van der Waals surface area contributed by atoms with Crippen LogP contribution < -0.4 is 0 Å². The minimum absolute atomic E-state index is 0.131. The molecular weight excluding hydrogens is 364 g/mol. The van der Waals surface area contributed by atoms with Crippen LogP contribution in [0.1, 0.15) is 79.5 Å². The number of carbonyl (C=O) groups is 1. The molecule has 0 unspecified atom stereocenters. The monoisotopic (exact) mass is 398 g/mol. The largest absolute Gasteiger partial charge is 0.339 e. The maximum absolute atomic E-state index is 13.5. The van der Waals surface area contributed by atoms with Crippen molar-refractivity contribution in [3.63, 3.8) is 0 Å². The van der Waals surface area contributed by atoms with E-state index in [4.69, 9.17) is 4.52 Å². The van der Waals surface area contributed by atoms with Gasteiger partial charge in [0.2, 0.25) is 0 Å². The third kappa shape index (κ3) is 4.63. The normalized spacial score (nSPS) is 18.1. The molecule has 0 N–H and O–H groups in total.